The van der Waals surface area contributed by atoms with E-state index in [4.69, 9.17) is 15.6 Å². The van der Waals surface area contributed by atoms with E-state index in [-0.39, 0.29) is 11.6 Å². The van der Waals surface area contributed by atoms with E-state index in [0.717, 1.165) is 38.5 Å². The van der Waals surface area contributed by atoms with Crippen LogP contribution in [0.1, 0.15) is 37.3 Å². The maximum Gasteiger partial charge on any atom is 0.387 e. The molecule has 7 nitrogen and oxygen atoms in total. The van der Waals surface area contributed by atoms with Gasteiger partial charge in [-0.15, -0.1) is 0 Å². The Bertz CT molecular complexity index is 977. The Morgan fingerprint density at radius 1 is 1.16 bits per heavy atom. The van der Waals surface area contributed by atoms with Gasteiger partial charge >= 0.3 is 6.61 Å². The van der Waals surface area contributed by atoms with Gasteiger partial charge in [0.15, 0.2) is 11.6 Å². The highest BCUT2D eigenvalue weighted by atomic mass is 19.3. The van der Waals surface area contributed by atoms with E-state index in [2.05, 4.69) is 25.4 Å². The Kier molecular flexibility index (Phi) is 5.06. The molecule has 0 aromatic carbocycles. The van der Waals surface area contributed by atoms with Crippen LogP contribution in [0.25, 0.3) is 11.3 Å². The number of fused-ring (bicyclic) bond motifs is 1. The normalized spacial score (nSPS) is 30.0. The quantitative estimate of drug-likeness (QED) is 0.704. The lowest BCUT2D eigenvalue weighted by Gasteiger charge is -2.33. The van der Waals surface area contributed by atoms with Crippen LogP contribution in [-0.2, 0) is 11.3 Å². The lowest BCUT2D eigenvalue weighted by Crippen LogP contribution is -2.43. The van der Waals surface area contributed by atoms with Gasteiger partial charge in [-0.25, -0.2) is 4.98 Å². The van der Waals surface area contributed by atoms with Crippen molar-refractivity contribution in [2.45, 2.75) is 50.8 Å². The molecule has 0 unspecified atom stereocenters. The number of anilines is 1. The molecule has 4 aliphatic rings. The molecule has 0 radical (unpaired) electrons. The number of rotatable bonds is 7. The van der Waals surface area contributed by atoms with Crippen molar-refractivity contribution in [1.82, 2.24) is 19.7 Å². The van der Waals surface area contributed by atoms with Crippen LogP contribution in [0.2, 0.25) is 0 Å². The van der Waals surface area contributed by atoms with E-state index in [9.17, 15) is 8.78 Å². The van der Waals surface area contributed by atoms with Crippen LogP contribution >= 0.6 is 0 Å². The summed E-state index contributed by atoms with van der Waals surface area (Å²) >= 11 is 0. The van der Waals surface area contributed by atoms with Crippen LogP contribution in [0.3, 0.4) is 0 Å². The van der Waals surface area contributed by atoms with Gasteiger partial charge in [-0.1, -0.05) is 0 Å². The summed E-state index contributed by atoms with van der Waals surface area (Å²) in [6, 6.07) is 4.33. The van der Waals surface area contributed by atoms with Gasteiger partial charge in [0.1, 0.15) is 0 Å². The number of morpholine rings is 1. The van der Waals surface area contributed by atoms with Crippen LogP contribution in [-0.4, -0.2) is 58.6 Å². The highest BCUT2D eigenvalue weighted by Crippen LogP contribution is 2.64. The molecule has 3 aliphatic carbocycles. The van der Waals surface area contributed by atoms with E-state index in [1.807, 2.05) is 0 Å². The van der Waals surface area contributed by atoms with Gasteiger partial charge in [0, 0.05) is 49.0 Å². The first kappa shape index (κ1) is 20.4. The number of ether oxygens (including phenoxy) is 2. The van der Waals surface area contributed by atoms with Crippen molar-refractivity contribution in [3.63, 3.8) is 0 Å². The van der Waals surface area contributed by atoms with Crippen molar-refractivity contribution in [2.75, 3.05) is 32.0 Å². The molecule has 2 aromatic heterocycles. The van der Waals surface area contributed by atoms with Crippen LogP contribution in [0.5, 0.6) is 5.75 Å². The first-order valence-electron chi connectivity index (χ1n) is 11.7. The van der Waals surface area contributed by atoms with Crippen LogP contribution in [0.4, 0.5) is 14.6 Å². The highest BCUT2D eigenvalue weighted by Gasteiger charge is 2.58. The Labute approximate surface area is 185 Å². The number of halogens is 2. The van der Waals surface area contributed by atoms with E-state index in [0.29, 0.717) is 35.3 Å². The molecule has 1 aliphatic heterocycles. The Morgan fingerprint density at radius 3 is 2.59 bits per heavy atom. The number of nitrogens with two attached hydrogens (primary N) is 1. The summed E-state index contributed by atoms with van der Waals surface area (Å²) < 4.78 is 37.7. The fraction of sp³-hybridized carbons (Fsp3) is 0.652. The number of hydrogen-bond donors (Lipinski definition) is 1. The number of nitrogens with zero attached hydrogens (tertiary/aromatic N) is 4. The number of pyridine rings is 1. The molecule has 4 fully saturated rings. The second-order valence-corrected chi connectivity index (χ2v) is 9.69. The third kappa shape index (κ3) is 3.85. The molecule has 2 aromatic rings. The van der Waals surface area contributed by atoms with Gasteiger partial charge in [0.2, 0.25) is 0 Å². The fourth-order valence-electron chi connectivity index (χ4n) is 5.81. The summed E-state index contributed by atoms with van der Waals surface area (Å²) in [5.41, 5.74) is 8.41. The Hall–Kier alpha value is -2.26. The second kappa shape index (κ2) is 7.95. The maximum absolute atomic E-state index is 12.7. The van der Waals surface area contributed by atoms with Gasteiger partial charge in [-0.3, -0.25) is 9.58 Å². The van der Waals surface area contributed by atoms with Gasteiger partial charge in [0.25, 0.3) is 0 Å². The molecule has 32 heavy (non-hydrogen) atoms. The molecule has 6 rings (SSSR count). The molecule has 2 N–H and O–H groups in total. The van der Waals surface area contributed by atoms with Crippen molar-refractivity contribution in [3.8, 4) is 17.0 Å². The molecule has 3 saturated carbocycles. The van der Waals surface area contributed by atoms with Crippen LogP contribution in [0, 0.1) is 17.8 Å². The summed E-state index contributed by atoms with van der Waals surface area (Å²) in [4.78, 5) is 6.66. The lowest BCUT2D eigenvalue weighted by molar-refractivity contribution is -0.0494. The zero-order chi connectivity index (χ0) is 21.8. The predicted molar refractivity (Wildman–Crippen MR) is 114 cm³/mol. The Morgan fingerprint density at radius 2 is 1.91 bits per heavy atom. The highest BCUT2D eigenvalue weighted by molar-refractivity contribution is 5.64. The molecule has 172 valence electrons. The molecular weight excluding hydrogens is 416 g/mol. The monoisotopic (exact) mass is 445 g/mol. The minimum absolute atomic E-state index is 0.0439. The van der Waals surface area contributed by atoms with Crippen molar-refractivity contribution in [1.29, 1.82) is 0 Å². The first-order chi connectivity index (χ1) is 15.6. The fourth-order valence-corrected chi connectivity index (χ4v) is 5.81. The molecular formula is C23H29F2N5O2. The molecule has 0 spiro atoms. The van der Waals surface area contributed by atoms with E-state index < -0.39 is 6.61 Å². The van der Waals surface area contributed by atoms with Crippen molar-refractivity contribution >= 4 is 5.82 Å². The van der Waals surface area contributed by atoms with E-state index in [1.54, 1.807) is 6.20 Å². The minimum Gasteiger partial charge on any atom is -0.431 e. The van der Waals surface area contributed by atoms with E-state index in [1.165, 1.54) is 37.4 Å². The average Bonchev–Trinajstić information content (AvgIpc) is 3.63. The summed E-state index contributed by atoms with van der Waals surface area (Å²) in [5, 5.41) is 4.87. The van der Waals surface area contributed by atoms with Crippen molar-refractivity contribution in [2.24, 2.45) is 17.8 Å². The molecule has 9 heteroatoms. The summed E-state index contributed by atoms with van der Waals surface area (Å²) in [5.74, 6) is 2.53. The first-order valence-corrected chi connectivity index (χ1v) is 11.7. The second-order valence-electron chi connectivity index (χ2n) is 9.69. The number of nitrogen functional groups attached to an aromatic ring is 1. The van der Waals surface area contributed by atoms with Gasteiger partial charge in [0.05, 0.1) is 18.9 Å². The summed E-state index contributed by atoms with van der Waals surface area (Å²) in [6.07, 6.45) is 6.58. The van der Waals surface area contributed by atoms with Crippen molar-refractivity contribution in [3.05, 3.63) is 24.0 Å². The average molecular weight is 446 g/mol. The maximum atomic E-state index is 12.7. The molecule has 3 heterocycles. The minimum atomic E-state index is -2.94. The third-order valence-electron chi connectivity index (χ3n) is 7.66. The predicted octanol–water partition coefficient (Wildman–Crippen LogP) is 3.36. The lowest BCUT2D eigenvalue weighted by atomic mass is 10.0. The van der Waals surface area contributed by atoms with Gasteiger partial charge in [-0.2, -0.15) is 13.9 Å². The summed E-state index contributed by atoms with van der Waals surface area (Å²) in [6.45, 7) is 1.78. The van der Waals surface area contributed by atoms with Gasteiger partial charge < -0.3 is 15.2 Å². The van der Waals surface area contributed by atoms with E-state index >= 15 is 0 Å². The zero-order valence-electron chi connectivity index (χ0n) is 18.0. The number of aromatic nitrogens is 3. The number of hydrogen-bond acceptors (Lipinski definition) is 6. The standard InChI is InChI=1S/C23H29F2N5O2/c24-23(25)32-20-7-14(11-27-22(20)26)18-10-19(30(28-18)12-13-1-2-13)21-16-8-15(9-17(16)21)29-3-5-31-6-4-29/h7,10-11,13,15-17,21,23H,1-6,8-9,12H2,(H2,26,27)/t15-,16-,17+,21+. The third-order valence-corrected chi connectivity index (χ3v) is 7.66. The molecule has 1 saturated heterocycles. The summed E-state index contributed by atoms with van der Waals surface area (Å²) in [7, 11) is 0. The zero-order valence-corrected chi connectivity index (χ0v) is 18.0. The van der Waals surface area contributed by atoms with Gasteiger partial charge in [-0.05, 0) is 55.6 Å². The van der Waals surface area contributed by atoms with Crippen LogP contribution in [0.15, 0.2) is 18.3 Å². The van der Waals surface area contributed by atoms with Crippen LogP contribution < -0.4 is 10.5 Å². The topological polar surface area (TPSA) is 78.4 Å². The largest absolute Gasteiger partial charge is 0.431 e. The Balaban J connectivity index is 1.23. The van der Waals surface area contributed by atoms with Crippen molar-refractivity contribution < 1.29 is 18.3 Å². The smallest absolute Gasteiger partial charge is 0.387 e. The molecule has 0 bridgehead atoms. The molecule has 4 atom stereocenters. The number of alkyl halides is 2. The SMILES string of the molecule is Nc1ncc(-c2cc([C@H]3[C@@H]4C[C@@H](N5CCOCC5)C[C@@H]43)n(CC3CC3)n2)cc1OC(F)F. The molecule has 0 amide bonds.